The molecule has 0 saturated carbocycles. The Morgan fingerprint density at radius 3 is 2.33 bits per heavy atom. The van der Waals surface area contributed by atoms with E-state index in [-0.39, 0.29) is 0 Å². The zero-order valence-electron chi connectivity index (χ0n) is 9.25. The summed E-state index contributed by atoms with van der Waals surface area (Å²) in [5.74, 6) is -0.665. The molecule has 7 heteroatoms. The maximum atomic E-state index is 11.3. The summed E-state index contributed by atoms with van der Waals surface area (Å²) in [6.07, 6.45) is -1.06. The summed E-state index contributed by atoms with van der Waals surface area (Å²) in [7, 11) is 0. The van der Waals surface area contributed by atoms with Crippen LogP contribution in [0.15, 0.2) is 29.2 Å². The molecule has 1 amide bonds. The highest BCUT2D eigenvalue weighted by atomic mass is 35.5. The van der Waals surface area contributed by atoms with Crippen molar-refractivity contribution in [2.45, 2.75) is 21.9 Å². The third kappa shape index (κ3) is 4.33. The fourth-order valence-electron chi connectivity index (χ4n) is 1.37. The fourth-order valence-corrected chi connectivity index (χ4v) is 1.65. The van der Waals surface area contributed by atoms with Crippen LogP contribution in [-0.4, -0.2) is 33.6 Å². The number of carbonyl (C=O) groups excluding carboxylic acids is 1. The highest BCUT2D eigenvalue weighted by Crippen LogP contribution is 2.19. The Morgan fingerprint density at radius 1 is 1.33 bits per heavy atom. The number of nitrogens with one attached hydrogen (secondary N) is 1. The molecule has 3 N–H and O–H groups in total. The van der Waals surface area contributed by atoms with Crippen LogP contribution < -0.4 is 5.32 Å². The number of aliphatic hydroxyl groups excluding tert-OH is 2. The van der Waals surface area contributed by atoms with Gasteiger partial charge < -0.3 is 15.5 Å². The normalized spacial score (nSPS) is 14.3. The number of alkyl halides is 2. The van der Waals surface area contributed by atoms with E-state index in [0.717, 1.165) is 4.90 Å². The standard InChI is InChI=1S/C11H13Cl2NO3S/c12-10(13)11(17)14-8(5-15)9(16)6-1-3-7(18)4-2-6/h1-4,8-10,15-16,18H,5H2,(H,14,17)/t8-,9-/m1/s1. The summed E-state index contributed by atoms with van der Waals surface area (Å²) < 4.78 is 0. The Hall–Kier alpha value is -0.460. The second-order valence-corrected chi connectivity index (χ2v) is 5.25. The number of amides is 1. The van der Waals surface area contributed by atoms with Crippen molar-refractivity contribution < 1.29 is 15.0 Å². The van der Waals surface area contributed by atoms with Crippen molar-refractivity contribution in [3.63, 3.8) is 0 Å². The SMILES string of the molecule is O=C(N[C@H](CO)[C@H](O)c1ccc(S)cc1)C(Cl)Cl. The van der Waals surface area contributed by atoms with Crippen molar-refractivity contribution in [3.05, 3.63) is 29.8 Å². The van der Waals surface area contributed by atoms with Crippen molar-refractivity contribution >= 4 is 41.7 Å². The van der Waals surface area contributed by atoms with E-state index < -0.39 is 29.5 Å². The molecule has 0 aliphatic heterocycles. The van der Waals surface area contributed by atoms with E-state index in [0.29, 0.717) is 5.56 Å². The minimum atomic E-state index is -1.24. The molecule has 1 aromatic rings. The number of rotatable bonds is 5. The number of aliphatic hydroxyl groups is 2. The molecule has 0 radical (unpaired) electrons. The van der Waals surface area contributed by atoms with Crippen LogP contribution in [0.4, 0.5) is 0 Å². The highest BCUT2D eigenvalue weighted by molar-refractivity contribution is 7.80. The average Bonchev–Trinajstić information content (AvgIpc) is 2.35. The van der Waals surface area contributed by atoms with Gasteiger partial charge in [0.25, 0.3) is 5.91 Å². The molecular weight excluding hydrogens is 297 g/mol. The van der Waals surface area contributed by atoms with Crippen molar-refractivity contribution in [1.29, 1.82) is 0 Å². The fraction of sp³-hybridized carbons (Fsp3) is 0.364. The van der Waals surface area contributed by atoms with Crippen LogP contribution in [0.5, 0.6) is 0 Å². The van der Waals surface area contributed by atoms with Gasteiger partial charge in [-0.3, -0.25) is 4.79 Å². The van der Waals surface area contributed by atoms with Gasteiger partial charge >= 0.3 is 0 Å². The van der Waals surface area contributed by atoms with E-state index in [1.54, 1.807) is 24.3 Å². The van der Waals surface area contributed by atoms with Gasteiger partial charge in [-0.05, 0) is 17.7 Å². The summed E-state index contributed by atoms with van der Waals surface area (Å²) >= 11 is 14.9. The Morgan fingerprint density at radius 2 is 1.89 bits per heavy atom. The molecule has 100 valence electrons. The van der Waals surface area contributed by atoms with E-state index in [1.165, 1.54) is 0 Å². The first-order valence-corrected chi connectivity index (χ1v) is 6.44. The second-order valence-electron chi connectivity index (χ2n) is 3.63. The van der Waals surface area contributed by atoms with Crippen LogP contribution in [0.1, 0.15) is 11.7 Å². The molecular formula is C11H13Cl2NO3S. The lowest BCUT2D eigenvalue weighted by Crippen LogP contribution is -2.44. The van der Waals surface area contributed by atoms with Gasteiger partial charge in [0.1, 0.15) is 6.10 Å². The quantitative estimate of drug-likeness (QED) is 0.489. The molecule has 0 fully saturated rings. The van der Waals surface area contributed by atoms with Gasteiger partial charge in [0, 0.05) is 4.90 Å². The zero-order chi connectivity index (χ0) is 13.7. The van der Waals surface area contributed by atoms with Crippen molar-refractivity contribution in [1.82, 2.24) is 5.32 Å². The van der Waals surface area contributed by atoms with Gasteiger partial charge in [-0.1, -0.05) is 35.3 Å². The first-order valence-electron chi connectivity index (χ1n) is 5.12. The third-order valence-electron chi connectivity index (χ3n) is 2.34. The van der Waals surface area contributed by atoms with Gasteiger partial charge in [0.2, 0.25) is 0 Å². The van der Waals surface area contributed by atoms with Crippen LogP contribution in [0.2, 0.25) is 0 Å². The Balaban J connectivity index is 2.75. The molecule has 0 saturated heterocycles. The lowest BCUT2D eigenvalue weighted by molar-refractivity contribution is -0.121. The topological polar surface area (TPSA) is 69.6 Å². The van der Waals surface area contributed by atoms with Crippen LogP contribution >= 0.6 is 35.8 Å². The number of hydrogen-bond donors (Lipinski definition) is 4. The Bertz CT molecular complexity index is 400. The predicted molar refractivity (Wildman–Crippen MR) is 73.2 cm³/mol. The summed E-state index contributed by atoms with van der Waals surface area (Å²) in [6, 6.07) is 5.83. The van der Waals surface area contributed by atoms with Gasteiger partial charge in [-0.2, -0.15) is 0 Å². The van der Waals surface area contributed by atoms with Crippen LogP contribution in [0.3, 0.4) is 0 Å². The van der Waals surface area contributed by atoms with E-state index in [2.05, 4.69) is 17.9 Å². The molecule has 0 heterocycles. The molecule has 0 aliphatic rings. The number of thiol groups is 1. The molecule has 2 atom stereocenters. The lowest BCUT2D eigenvalue weighted by Gasteiger charge is -2.22. The molecule has 0 bridgehead atoms. The van der Waals surface area contributed by atoms with Gasteiger partial charge in [-0.25, -0.2) is 0 Å². The monoisotopic (exact) mass is 309 g/mol. The van der Waals surface area contributed by atoms with E-state index in [1.807, 2.05) is 0 Å². The number of carbonyl (C=O) groups is 1. The van der Waals surface area contributed by atoms with Crippen molar-refractivity contribution in [3.8, 4) is 0 Å². The van der Waals surface area contributed by atoms with Crippen molar-refractivity contribution in [2.24, 2.45) is 0 Å². The molecule has 1 aromatic carbocycles. The van der Waals surface area contributed by atoms with Crippen LogP contribution in [0.25, 0.3) is 0 Å². The Kier molecular flexibility index (Phi) is 6.25. The summed E-state index contributed by atoms with van der Waals surface area (Å²) in [5, 5.41) is 21.5. The summed E-state index contributed by atoms with van der Waals surface area (Å²) in [6.45, 7) is -0.434. The predicted octanol–water partition coefficient (Wildman–Crippen LogP) is 1.29. The van der Waals surface area contributed by atoms with E-state index in [9.17, 15) is 9.90 Å². The average molecular weight is 310 g/mol. The highest BCUT2D eigenvalue weighted by Gasteiger charge is 2.24. The van der Waals surface area contributed by atoms with E-state index >= 15 is 0 Å². The van der Waals surface area contributed by atoms with Gasteiger partial charge in [0.15, 0.2) is 4.84 Å². The lowest BCUT2D eigenvalue weighted by atomic mass is 10.0. The maximum Gasteiger partial charge on any atom is 0.253 e. The zero-order valence-corrected chi connectivity index (χ0v) is 11.7. The number of hydrogen-bond acceptors (Lipinski definition) is 4. The van der Waals surface area contributed by atoms with Crippen LogP contribution in [0, 0.1) is 0 Å². The molecule has 0 unspecified atom stereocenters. The van der Waals surface area contributed by atoms with Crippen molar-refractivity contribution in [2.75, 3.05) is 6.61 Å². The molecule has 18 heavy (non-hydrogen) atoms. The minimum Gasteiger partial charge on any atom is -0.394 e. The number of halogens is 2. The van der Waals surface area contributed by atoms with Gasteiger partial charge in [-0.15, -0.1) is 12.6 Å². The minimum absolute atomic E-state index is 0.434. The largest absolute Gasteiger partial charge is 0.394 e. The second kappa shape index (κ2) is 7.21. The first kappa shape index (κ1) is 15.6. The number of benzene rings is 1. The molecule has 0 aliphatic carbocycles. The smallest absolute Gasteiger partial charge is 0.253 e. The molecule has 4 nitrogen and oxygen atoms in total. The maximum absolute atomic E-state index is 11.3. The first-order chi connectivity index (χ1) is 8.45. The Labute approximate surface area is 120 Å². The van der Waals surface area contributed by atoms with Crippen LogP contribution in [-0.2, 0) is 4.79 Å². The third-order valence-corrected chi connectivity index (χ3v) is 3.03. The molecule has 0 aromatic heterocycles. The molecule has 0 spiro atoms. The summed E-state index contributed by atoms with van der Waals surface area (Å²) in [5.41, 5.74) is 0.549. The van der Waals surface area contributed by atoms with Gasteiger partial charge in [0.05, 0.1) is 12.6 Å². The van der Waals surface area contributed by atoms with E-state index in [4.69, 9.17) is 28.3 Å². The summed E-state index contributed by atoms with van der Waals surface area (Å²) in [4.78, 5) is 10.8. The molecule has 1 rings (SSSR count).